The minimum Gasteiger partial charge on any atom is -0.382 e. The monoisotopic (exact) mass is 301 g/mol. The lowest BCUT2D eigenvalue weighted by atomic mass is 9.86. The number of nitrogens with one attached hydrogen (secondary N) is 1. The average molecular weight is 301 g/mol. The molecule has 0 aliphatic heterocycles. The van der Waals surface area contributed by atoms with Crippen molar-refractivity contribution < 1.29 is 12.8 Å². The van der Waals surface area contributed by atoms with Gasteiger partial charge < -0.3 is 11.1 Å². The zero-order chi connectivity index (χ0) is 14.8. The third kappa shape index (κ3) is 3.28. The van der Waals surface area contributed by atoms with Crippen molar-refractivity contribution in [2.24, 2.45) is 16.3 Å². The second-order valence-corrected chi connectivity index (χ2v) is 7.01. The second kappa shape index (κ2) is 5.67. The van der Waals surface area contributed by atoms with Gasteiger partial charge in [-0.05, 0) is 43.0 Å². The third-order valence-corrected chi connectivity index (χ3v) is 4.93. The molecule has 1 saturated carbocycles. The van der Waals surface area contributed by atoms with Crippen LogP contribution in [0.1, 0.15) is 25.7 Å². The van der Waals surface area contributed by atoms with E-state index in [4.69, 9.17) is 10.9 Å². The van der Waals surface area contributed by atoms with Crippen molar-refractivity contribution in [3.8, 4) is 0 Å². The van der Waals surface area contributed by atoms with E-state index in [2.05, 4.69) is 5.32 Å². The van der Waals surface area contributed by atoms with Gasteiger partial charge in [-0.2, -0.15) is 0 Å². The number of nitrogens with two attached hydrogens (primary N) is 2. The van der Waals surface area contributed by atoms with E-state index in [1.165, 1.54) is 12.1 Å². The lowest BCUT2D eigenvalue weighted by molar-refractivity contribution is 0.331. The summed E-state index contributed by atoms with van der Waals surface area (Å²) >= 11 is 0. The topological polar surface area (TPSA) is 98.2 Å². The molecule has 1 aromatic carbocycles. The molecule has 1 aliphatic rings. The van der Waals surface area contributed by atoms with Crippen LogP contribution in [0.15, 0.2) is 23.1 Å². The molecular formula is C13H20FN3O2S. The second-order valence-electron chi connectivity index (χ2n) is 5.45. The largest absolute Gasteiger partial charge is 0.382 e. The molecule has 0 spiro atoms. The van der Waals surface area contributed by atoms with E-state index < -0.39 is 15.8 Å². The van der Waals surface area contributed by atoms with Gasteiger partial charge in [0, 0.05) is 6.54 Å². The molecular weight excluding hydrogens is 281 g/mol. The maximum atomic E-state index is 13.9. The lowest BCUT2D eigenvalue weighted by Crippen LogP contribution is -2.34. The van der Waals surface area contributed by atoms with Crippen LogP contribution in [0.2, 0.25) is 0 Å². The molecule has 20 heavy (non-hydrogen) atoms. The van der Waals surface area contributed by atoms with Crippen molar-refractivity contribution in [2.45, 2.75) is 30.6 Å². The standard InChI is InChI=1S/C13H20FN3O2S/c14-11-7-10(20(16,18)19)3-4-12(11)17-9-13(8-15)5-1-2-6-13/h3-4,7,17H,1-2,5-6,8-9,15H2,(H2,16,18,19). The Morgan fingerprint density at radius 3 is 2.45 bits per heavy atom. The predicted octanol–water partition coefficient (Wildman–Crippen LogP) is 1.40. The van der Waals surface area contributed by atoms with Gasteiger partial charge in [-0.3, -0.25) is 0 Å². The zero-order valence-corrected chi connectivity index (χ0v) is 12.0. The van der Waals surface area contributed by atoms with E-state index in [0.29, 0.717) is 13.1 Å². The van der Waals surface area contributed by atoms with Crippen LogP contribution in [0.5, 0.6) is 0 Å². The summed E-state index contributed by atoms with van der Waals surface area (Å²) in [6, 6.07) is 3.63. The number of halogens is 1. The van der Waals surface area contributed by atoms with E-state index in [1.807, 2.05) is 0 Å². The van der Waals surface area contributed by atoms with Crippen LogP contribution in [-0.2, 0) is 10.0 Å². The molecule has 7 heteroatoms. The third-order valence-electron chi connectivity index (χ3n) is 4.02. The van der Waals surface area contributed by atoms with E-state index in [0.717, 1.165) is 31.7 Å². The molecule has 0 unspecified atom stereocenters. The Morgan fingerprint density at radius 2 is 1.95 bits per heavy atom. The van der Waals surface area contributed by atoms with Crippen molar-refractivity contribution in [3.63, 3.8) is 0 Å². The number of benzene rings is 1. The lowest BCUT2D eigenvalue weighted by Gasteiger charge is -2.28. The Bertz CT molecular complexity index is 583. The van der Waals surface area contributed by atoms with Crippen LogP contribution in [0.25, 0.3) is 0 Å². The summed E-state index contributed by atoms with van der Waals surface area (Å²) in [6.45, 7) is 1.16. The van der Waals surface area contributed by atoms with Crippen LogP contribution in [0, 0.1) is 11.2 Å². The molecule has 0 heterocycles. The van der Waals surface area contributed by atoms with Gasteiger partial charge in [-0.1, -0.05) is 12.8 Å². The van der Waals surface area contributed by atoms with Gasteiger partial charge in [-0.25, -0.2) is 17.9 Å². The normalized spacial score (nSPS) is 18.1. The number of primary sulfonamides is 1. The fourth-order valence-electron chi connectivity index (χ4n) is 2.68. The molecule has 5 nitrogen and oxygen atoms in total. The predicted molar refractivity (Wildman–Crippen MR) is 76.2 cm³/mol. The molecule has 112 valence electrons. The van der Waals surface area contributed by atoms with Gasteiger partial charge in [-0.15, -0.1) is 0 Å². The average Bonchev–Trinajstić information content (AvgIpc) is 2.85. The summed E-state index contributed by atoms with van der Waals surface area (Å²) in [5.74, 6) is -0.623. The van der Waals surface area contributed by atoms with Gasteiger partial charge in [0.2, 0.25) is 10.0 Å². The van der Waals surface area contributed by atoms with Crippen LogP contribution >= 0.6 is 0 Å². The highest BCUT2D eigenvalue weighted by molar-refractivity contribution is 7.89. The summed E-state index contributed by atoms with van der Waals surface area (Å²) in [5.41, 5.74) is 6.12. The molecule has 1 aliphatic carbocycles. The molecule has 0 radical (unpaired) electrons. The number of anilines is 1. The molecule has 5 N–H and O–H groups in total. The molecule has 0 amide bonds. The first-order chi connectivity index (χ1) is 9.36. The SMILES string of the molecule is NCC1(CNc2ccc(S(N)(=O)=O)cc2F)CCCC1. The minimum absolute atomic E-state index is 0.0189. The highest BCUT2D eigenvalue weighted by Gasteiger charge is 2.32. The van der Waals surface area contributed by atoms with Crippen LogP contribution in [-0.4, -0.2) is 21.5 Å². The molecule has 1 fully saturated rings. The number of hydrogen-bond acceptors (Lipinski definition) is 4. The van der Waals surface area contributed by atoms with Crippen LogP contribution < -0.4 is 16.2 Å². The molecule has 0 saturated heterocycles. The number of hydrogen-bond donors (Lipinski definition) is 3. The van der Waals surface area contributed by atoms with Gasteiger partial charge in [0.15, 0.2) is 0 Å². The highest BCUT2D eigenvalue weighted by Crippen LogP contribution is 2.37. The zero-order valence-electron chi connectivity index (χ0n) is 11.2. The molecule has 0 bridgehead atoms. The first-order valence-electron chi connectivity index (χ1n) is 6.63. The fraction of sp³-hybridized carbons (Fsp3) is 0.538. The van der Waals surface area contributed by atoms with E-state index in [1.54, 1.807) is 0 Å². The first-order valence-corrected chi connectivity index (χ1v) is 8.17. The van der Waals surface area contributed by atoms with Crippen molar-refractivity contribution in [2.75, 3.05) is 18.4 Å². The molecule has 0 atom stereocenters. The van der Waals surface area contributed by atoms with E-state index in [9.17, 15) is 12.8 Å². The molecule has 0 aromatic heterocycles. The van der Waals surface area contributed by atoms with Crippen molar-refractivity contribution in [1.29, 1.82) is 0 Å². The summed E-state index contributed by atoms with van der Waals surface area (Å²) in [7, 11) is -3.88. The Morgan fingerprint density at radius 1 is 1.30 bits per heavy atom. The summed E-state index contributed by atoms with van der Waals surface area (Å²) in [5, 5.41) is 8.00. The van der Waals surface area contributed by atoms with Crippen LogP contribution in [0.3, 0.4) is 0 Å². The van der Waals surface area contributed by atoms with Crippen LogP contribution in [0.4, 0.5) is 10.1 Å². The van der Waals surface area contributed by atoms with Gasteiger partial charge in [0.05, 0.1) is 10.6 Å². The van der Waals surface area contributed by atoms with Gasteiger partial charge in [0.1, 0.15) is 5.82 Å². The summed E-state index contributed by atoms with van der Waals surface area (Å²) < 4.78 is 36.1. The quantitative estimate of drug-likeness (QED) is 0.765. The first kappa shape index (κ1) is 15.2. The molecule has 1 aromatic rings. The fourth-order valence-corrected chi connectivity index (χ4v) is 3.20. The van der Waals surface area contributed by atoms with Gasteiger partial charge in [0.25, 0.3) is 0 Å². The summed E-state index contributed by atoms with van der Waals surface area (Å²) in [6.07, 6.45) is 4.36. The van der Waals surface area contributed by atoms with Crippen molar-refractivity contribution in [3.05, 3.63) is 24.0 Å². The van der Waals surface area contributed by atoms with Crippen molar-refractivity contribution in [1.82, 2.24) is 0 Å². The number of sulfonamides is 1. The van der Waals surface area contributed by atoms with E-state index >= 15 is 0 Å². The Kier molecular flexibility index (Phi) is 4.31. The van der Waals surface area contributed by atoms with Crippen molar-refractivity contribution >= 4 is 15.7 Å². The number of rotatable bonds is 5. The Labute approximate surface area is 118 Å². The maximum Gasteiger partial charge on any atom is 0.238 e. The van der Waals surface area contributed by atoms with Gasteiger partial charge >= 0.3 is 0 Å². The van der Waals surface area contributed by atoms with E-state index in [-0.39, 0.29) is 16.0 Å². The smallest absolute Gasteiger partial charge is 0.238 e. The maximum absolute atomic E-state index is 13.9. The Hall–Kier alpha value is -1.18. The minimum atomic E-state index is -3.88. The molecule has 2 rings (SSSR count). The Balaban J connectivity index is 2.11. The highest BCUT2D eigenvalue weighted by atomic mass is 32.2. The summed E-state index contributed by atoms with van der Waals surface area (Å²) in [4.78, 5) is -0.227.